The van der Waals surface area contributed by atoms with Crippen LogP contribution in [0.5, 0.6) is 0 Å². The van der Waals surface area contributed by atoms with E-state index in [1.54, 1.807) is 24.3 Å². The van der Waals surface area contributed by atoms with Gasteiger partial charge in [-0.25, -0.2) is 0 Å². The van der Waals surface area contributed by atoms with Crippen LogP contribution in [0.2, 0.25) is 10.0 Å². The van der Waals surface area contributed by atoms with Crippen molar-refractivity contribution in [2.75, 3.05) is 6.54 Å². The van der Waals surface area contributed by atoms with Crippen LogP contribution in [0.3, 0.4) is 0 Å². The lowest BCUT2D eigenvalue weighted by atomic mass is 10.00. The Balaban J connectivity index is 1.70. The molecule has 0 saturated carbocycles. The predicted octanol–water partition coefficient (Wildman–Crippen LogP) is 4.59. The number of hydrogen-bond acceptors (Lipinski definition) is 1. The van der Waals surface area contributed by atoms with Crippen molar-refractivity contribution in [3.05, 3.63) is 75.3 Å². The van der Waals surface area contributed by atoms with Crippen LogP contribution in [-0.2, 0) is 17.8 Å². The Morgan fingerprint density at radius 3 is 2.59 bits per heavy atom. The first-order valence-electron chi connectivity index (χ1n) is 7.12. The third-order valence-corrected chi connectivity index (χ3v) is 4.54. The van der Waals surface area contributed by atoms with Crippen molar-refractivity contribution in [1.29, 1.82) is 0 Å². The monoisotopic (exact) mass is 331 g/mol. The average Bonchev–Trinajstić information content (AvgIpc) is 2.55. The van der Waals surface area contributed by atoms with Gasteiger partial charge in [-0.05, 0) is 41.3 Å². The fraction of sp³-hybridized carbons (Fsp3) is 0.167. The van der Waals surface area contributed by atoms with Crippen LogP contribution in [-0.4, -0.2) is 17.4 Å². The van der Waals surface area contributed by atoms with E-state index < -0.39 is 0 Å². The minimum absolute atomic E-state index is 0.0144. The van der Waals surface area contributed by atoms with Crippen molar-refractivity contribution in [1.82, 2.24) is 4.90 Å². The van der Waals surface area contributed by atoms with E-state index >= 15 is 0 Å². The largest absolute Gasteiger partial charge is 0.334 e. The topological polar surface area (TPSA) is 20.3 Å². The van der Waals surface area contributed by atoms with Crippen LogP contribution in [0.25, 0.3) is 6.08 Å². The van der Waals surface area contributed by atoms with E-state index in [-0.39, 0.29) is 5.91 Å². The number of carbonyl (C=O) groups excluding carboxylic acids is 1. The van der Waals surface area contributed by atoms with Gasteiger partial charge in [-0.2, -0.15) is 0 Å². The van der Waals surface area contributed by atoms with Crippen molar-refractivity contribution in [2.24, 2.45) is 0 Å². The number of rotatable bonds is 2. The molecule has 0 aliphatic carbocycles. The molecule has 2 aromatic carbocycles. The molecule has 1 heterocycles. The van der Waals surface area contributed by atoms with Gasteiger partial charge in [0.1, 0.15) is 0 Å². The number of fused-ring (bicyclic) bond motifs is 1. The van der Waals surface area contributed by atoms with Gasteiger partial charge in [-0.15, -0.1) is 0 Å². The molecule has 2 nitrogen and oxygen atoms in total. The smallest absolute Gasteiger partial charge is 0.246 e. The Bertz CT molecular complexity index is 740. The highest BCUT2D eigenvalue weighted by Gasteiger charge is 2.18. The third kappa shape index (κ3) is 3.34. The van der Waals surface area contributed by atoms with E-state index in [9.17, 15) is 4.79 Å². The average molecular weight is 332 g/mol. The molecule has 3 rings (SSSR count). The first-order chi connectivity index (χ1) is 10.6. The van der Waals surface area contributed by atoms with Gasteiger partial charge in [-0.3, -0.25) is 4.79 Å². The molecule has 0 spiro atoms. The van der Waals surface area contributed by atoms with Gasteiger partial charge < -0.3 is 4.90 Å². The number of carbonyl (C=O) groups is 1. The molecular weight excluding hydrogens is 317 g/mol. The quantitative estimate of drug-likeness (QED) is 0.737. The van der Waals surface area contributed by atoms with Crippen LogP contribution in [0.15, 0.2) is 48.5 Å². The zero-order valence-corrected chi connectivity index (χ0v) is 13.4. The van der Waals surface area contributed by atoms with Crippen molar-refractivity contribution in [3.63, 3.8) is 0 Å². The van der Waals surface area contributed by atoms with Gasteiger partial charge in [0, 0.05) is 19.2 Å². The highest BCUT2D eigenvalue weighted by atomic mass is 35.5. The summed E-state index contributed by atoms with van der Waals surface area (Å²) in [4.78, 5) is 14.2. The fourth-order valence-electron chi connectivity index (χ4n) is 2.57. The lowest BCUT2D eigenvalue weighted by molar-refractivity contribution is -0.126. The first-order valence-corrected chi connectivity index (χ1v) is 7.88. The van der Waals surface area contributed by atoms with Crippen molar-refractivity contribution in [3.8, 4) is 0 Å². The van der Waals surface area contributed by atoms with Gasteiger partial charge >= 0.3 is 0 Å². The number of benzene rings is 2. The molecule has 0 atom stereocenters. The Labute approximate surface area is 140 Å². The normalized spacial score (nSPS) is 14.2. The SMILES string of the molecule is O=C(C=Cc1ccc(Cl)c(Cl)c1)N1CCc2ccccc2C1. The van der Waals surface area contributed by atoms with E-state index in [0.717, 1.165) is 18.5 Å². The molecule has 0 saturated heterocycles. The van der Waals surface area contributed by atoms with E-state index in [0.29, 0.717) is 16.6 Å². The third-order valence-electron chi connectivity index (χ3n) is 3.80. The van der Waals surface area contributed by atoms with E-state index in [4.69, 9.17) is 23.2 Å². The summed E-state index contributed by atoms with van der Waals surface area (Å²) in [6.07, 6.45) is 4.26. The van der Waals surface area contributed by atoms with Gasteiger partial charge in [0.25, 0.3) is 0 Å². The van der Waals surface area contributed by atoms with Crippen LogP contribution in [0, 0.1) is 0 Å². The molecule has 22 heavy (non-hydrogen) atoms. The molecule has 4 heteroatoms. The molecule has 1 aliphatic rings. The lowest BCUT2D eigenvalue weighted by Crippen LogP contribution is -2.34. The summed E-state index contributed by atoms with van der Waals surface area (Å²) in [5.41, 5.74) is 3.42. The maximum Gasteiger partial charge on any atom is 0.246 e. The van der Waals surface area contributed by atoms with Gasteiger partial charge in [0.05, 0.1) is 10.0 Å². The number of hydrogen-bond donors (Lipinski definition) is 0. The second-order valence-corrected chi connectivity index (χ2v) is 6.10. The molecule has 2 aromatic rings. The summed E-state index contributed by atoms with van der Waals surface area (Å²) in [5, 5.41) is 1.00. The van der Waals surface area contributed by atoms with Crippen molar-refractivity contribution >= 4 is 35.2 Å². The summed E-state index contributed by atoms with van der Waals surface area (Å²) in [6.45, 7) is 1.42. The van der Waals surface area contributed by atoms with Crippen LogP contribution < -0.4 is 0 Å². The molecule has 0 N–H and O–H groups in total. The summed E-state index contributed by atoms with van der Waals surface area (Å²) in [5.74, 6) is 0.0144. The molecular formula is C18H15Cl2NO. The summed E-state index contributed by atoms with van der Waals surface area (Å²) >= 11 is 11.9. The molecule has 112 valence electrons. The molecule has 0 bridgehead atoms. The highest BCUT2D eigenvalue weighted by molar-refractivity contribution is 6.42. The van der Waals surface area contributed by atoms with Gasteiger partial charge in [-0.1, -0.05) is 53.5 Å². The minimum Gasteiger partial charge on any atom is -0.334 e. The van der Waals surface area contributed by atoms with Crippen molar-refractivity contribution in [2.45, 2.75) is 13.0 Å². The second kappa shape index (κ2) is 6.55. The van der Waals surface area contributed by atoms with Crippen LogP contribution >= 0.6 is 23.2 Å². The maximum absolute atomic E-state index is 12.3. The minimum atomic E-state index is 0.0144. The van der Waals surface area contributed by atoms with Crippen molar-refractivity contribution < 1.29 is 4.79 Å². The number of halogens is 2. The first kappa shape index (κ1) is 15.1. The van der Waals surface area contributed by atoms with E-state index in [1.807, 2.05) is 23.1 Å². The zero-order chi connectivity index (χ0) is 15.5. The van der Waals surface area contributed by atoms with Gasteiger partial charge in [0.15, 0.2) is 0 Å². The van der Waals surface area contributed by atoms with Gasteiger partial charge in [0.2, 0.25) is 5.91 Å². The molecule has 0 aromatic heterocycles. The fourth-order valence-corrected chi connectivity index (χ4v) is 2.88. The standard InChI is InChI=1S/C18H15Cl2NO/c19-16-7-5-13(11-17(16)20)6-8-18(22)21-10-9-14-3-1-2-4-15(14)12-21/h1-8,11H,9-10,12H2. The summed E-state index contributed by atoms with van der Waals surface area (Å²) < 4.78 is 0. The number of amides is 1. The van der Waals surface area contributed by atoms with E-state index in [1.165, 1.54) is 11.1 Å². The summed E-state index contributed by atoms with van der Waals surface area (Å²) in [7, 11) is 0. The molecule has 0 fully saturated rings. The number of nitrogens with zero attached hydrogens (tertiary/aromatic N) is 1. The molecule has 1 amide bonds. The molecule has 0 unspecified atom stereocenters. The zero-order valence-electron chi connectivity index (χ0n) is 11.9. The highest BCUT2D eigenvalue weighted by Crippen LogP contribution is 2.23. The molecule has 0 radical (unpaired) electrons. The predicted molar refractivity (Wildman–Crippen MR) is 91.1 cm³/mol. The van der Waals surface area contributed by atoms with E-state index in [2.05, 4.69) is 12.1 Å². The molecule has 1 aliphatic heterocycles. The van der Waals surface area contributed by atoms with Crippen LogP contribution in [0.1, 0.15) is 16.7 Å². The summed E-state index contributed by atoms with van der Waals surface area (Å²) in [6, 6.07) is 13.6. The Morgan fingerprint density at radius 2 is 1.82 bits per heavy atom. The Morgan fingerprint density at radius 1 is 1.05 bits per heavy atom. The lowest BCUT2D eigenvalue weighted by Gasteiger charge is -2.27. The Kier molecular flexibility index (Phi) is 4.51. The van der Waals surface area contributed by atoms with Crippen LogP contribution in [0.4, 0.5) is 0 Å². The Hall–Kier alpha value is -1.77. The second-order valence-electron chi connectivity index (χ2n) is 5.29. The maximum atomic E-state index is 12.3.